The Kier molecular flexibility index (Phi) is 6.93. The van der Waals surface area contributed by atoms with Gasteiger partial charge >= 0.3 is 6.09 Å². The van der Waals surface area contributed by atoms with Crippen LogP contribution in [0.15, 0.2) is 24.5 Å². The zero-order valence-electron chi connectivity index (χ0n) is 17.7. The van der Waals surface area contributed by atoms with E-state index in [0.29, 0.717) is 26.2 Å². The maximum atomic E-state index is 11.1. The maximum Gasteiger partial charge on any atom is 0.407 e. The third-order valence-electron chi connectivity index (χ3n) is 6.26. The van der Waals surface area contributed by atoms with Crippen LogP contribution in [-0.4, -0.2) is 101 Å². The minimum absolute atomic E-state index is 0.241. The second-order valence-electron chi connectivity index (χ2n) is 8.14. The molecule has 31 heavy (non-hydrogen) atoms. The Morgan fingerprint density at radius 3 is 2.55 bits per heavy atom. The lowest BCUT2D eigenvalue weighted by molar-refractivity contribution is -0.109. The van der Waals surface area contributed by atoms with Crippen LogP contribution in [0.3, 0.4) is 0 Å². The molecule has 3 heterocycles. The van der Waals surface area contributed by atoms with Gasteiger partial charge in [-0.1, -0.05) is 0 Å². The molecule has 1 aromatic heterocycles. The van der Waals surface area contributed by atoms with Crippen LogP contribution in [0.1, 0.15) is 24.5 Å². The molecule has 2 saturated heterocycles. The van der Waals surface area contributed by atoms with Gasteiger partial charge in [0, 0.05) is 63.2 Å². The number of likely N-dealkylation sites (tertiary alicyclic amines) is 1. The van der Waals surface area contributed by atoms with Crippen LogP contribution in [0.4, 0.5) is 4.79 Å². The Hall–Kier alpha value is -2.78. The summed E-state index contributed by atoms with van der Waals surface area (Å²) in [5.74, 6) is 1.03. The van der Waals surface area contributed by atoms with Crippen LogP contribution in [0.25, 0.3) is 10.9 Å². The van der Waals surface area contributed by atoms with Gasteiger partial charge in [0.05, 0.1) is 17.8 Å². The SMILES string of the molecule is O=CCN1CCN(CCOc2ccc3c(C4CCN(C(=O)O)CC4)ncnc3c2)CC1. The van der Waals surface area contributed by atoms with Crippen molar-refractivity contribution >= 4 is 23.3 Å². The predicted octanol–water partition coefficient (Wildman–Crippen LogP) is 1.68. The molecule has 166 valence electrons. The van der Waals surface area contributed by atoms with E-state index in [0.717, 1.165) is 74.2 Å². The highest BCUT2D eigenvalue weighted by Gasteiger charge is 2.25. The number of fused-ring (bicyclic) bond motifs is 1. The van der Waals surface area contributed by atoms with E-state index < -0.39 is 6.09 Å². The summed E-state index contributed by atoms with van der Waals surface area (Å²) in [6.07, 6.45) is 3.25. The van der Waals surface area contributed by atoms with Crippen LogP contribution in [0.2, 0.25) is 0 Å². The monoisotopic (exact) mass is 427 g/mol. The zero-order valence-corrected chi connectivity index (χ0v) is 17.7. The van der Waals surface area contributed by atoms with E-state index in [2.05, 4.69) is 19.8 Å². The van der Waals surface area contributed by atoms with Gasteiger partial charge in [-0.2, -0.15) is 0 Å². The largest absolute Gasteiger partial charge is 0.492 e. The minimum atomic E-state index is -0.851. The van der Waals surface area contributed by atoms with E-state index in [9.17, 15) is 9.59 Å². The number of piperidine rings is 1. The summed E-state index contributed by atoms with van der Waals surface area (Å²) < 4.78 is 5.97. The van der Waals surface area contributed by atoms with Gasteiger partial charge in [-0.3, -0.25) is 9.80 Å². The van der Waals surface area contributed by atoms with Crippen molar-refractivity contribution in [2.24, 2.45) is 0 Å². The summed E-state index contributed by atoms with van der Waals surface area (Å²) in [6.45, 7) is 6.78. The number of hydrogen-bond acceptors (Lipinski definition) is 7. The first-order valence-electron chi connectivity index (χ1n) is 10.9. The molecule has 9 nitrogen and oxygen atoms in total. The fourth-order valence-corrected chi connectivity index (χ4v) is 4.41. The van der Waals surface area contributed by atoms with Gasteiger partial charge < -0.3 is 19.5 Å². The van der Waals surface area contributed by atoms with Crippen molar-refractivity contribution in [2.45, 2.75) is 18.8 Å². The number of carbonyl (C=O) groups excluding carboxylic acids is 1. The Morgan fingerprint density at radius 2 is 1.84 bits per heavy atom. The summed E-state index contributed by atoms with van der Waals surface area (Å²) in [5, 5.41) is 10.2. The number of aldehydes is 1. The molecule has 2 aliphatic rings. The van der Waals surface area contributed by atoms with Gasteiger partial charge in [0.15, 0.2) is 0 Å². The number of carbonyl (C=O) groups is 2. The highest BCUT2D eigenvalue weighted by molar-refractivity contribution is 5.82. The molecule has 0 saturated carbocycles. The average Bonchev–Trinajstić information content (AvgIpc) is 2.80. The van der Waals surface area contributed by atoms with Crippen molar-refractivity contribution in [3.05, 3.63) is 30.2 Å². The Bertz CT molecular complexity index is 908. The fraction of sp³-hybridized carbons (Fsp3) is 0.545. The Labute approximate surface area is 181 Å². The van der Waals surface area contributed by atoms with Crippen molar-refractivity contribution in [3.8, 4) is 5.75 Å². The Balaban J connectivity index is 1.33. The third kappa shape index (κ3) is 5.29. The number of benzene rings is 1. The highest BCUT2D eigenvalue weighted by atomic mass is 16.5. The van der Waals surface area contributed by atoms with Crippen molar-refractivity contribution in [1.82, 2.24) is 24.7 Å². The number of nitrogens with zero attached hydrogens (tertiary/aromatic N) is 5. The van der Waals surface area contributed by atoms with Gasteiger partial charge in [-0.15, -0.1) is 0 Å². The standard InChI is InChI=1S/C22H29N5O4/c28-13-11-25-7-9-26(10-8-25)12-14-31-18-1-2-19-20(15-18)23-16-24-21(19)17-3-5-27(6-4-17)22(29)30/h1-2,13,15-17H,3-12,14H2,(H,29,30). The first-order valence-corrected chi connectivity index (χ1v) is 10.9. The fourth-order valence-electron chi connectivity index (χ4n) is 4.41. The van der Waals surface area contributed by atoms with E-state index in [-0.39, 0.29) is 5.92 Å². The van der Waals surface area contributed by atoms with E-state index >= 15 is 0 Å². The number of hydrogen-bond donors (Lipinski definition) is 1. The predicted molar refractivity (Wildman–Crippen MR) is 116 cm³/mol. The lowest BCUT2D eigenvalue weighted by Gasteiger charge is -2.33. The van der Waals surface area contributed by atoms with E-state index in [1.54, 1.807) is 6.33 Å². The van der Waals surface area contributed by atoms with Gasteiger partial charge in [-0.05, 0) is 25.0 Å². The highest BCUT2D eigenvalue weighted by Crippen LogP contribution is 2.32. The summed E-state index contributed by atoms with van der Waals surface area (Å²) >= 11 is 0. The molecule has 2 aromatic rings. The lowest BCUT2D eigenvalue weighted by atomic mass is 9.91. The smallest absolute Gasteiger partial charge is 0.407 e. The van der Waals surface area contributed by atoms with E-state index in [1.165, 1.54) is 4.90 Å². The first-order chi connectivity index (χ1) is 15.1. The van der Waals surface area contributed by atoms with E-state index in [1.807, 2.05) is 18.2 Å². The van der Waals surface area contributed by atoms with Crippen molar-refractivity contribution in [2.75, 3.05) is 59.0 Å². The summed E-state index contributed by atoms with van der Waals surface area (Å²) in [4.78, 5) is 36.7. The molecule has 1 amide bonds. The van der Waals surface area contributed by atoms with E-state index in [4.69, 9.17) is 9.84 Å². The first kappa shape index (κ1) is 21.5. The molecule has 0 atom stereocenters. The lowest BCUT2D eigenvalue weighted by Crippen LogP contribution is -2.47. The van der Waals surface area contributed by atoms with Crippen LogP contribution in [-0.2, 0) is 4.79 Å². The topological polar surface area (TPSA) is 99.1 Å². The number of aromatic nitrogens is 2. The number of piperazine rings is 1. The molecule has 4 rings (SSSR count). The van der Waals surface area contributed by atoms with Gasteiger partial charge in [0.25, 0.3) is 0 Å². The summed E-state index contributed by atoms with van der Waals surface area (Å²) in [7, 11) is 0. The van der Waals surface area contributed by atoms with Crippen LogP contribution in [0, 0.1) is 0 Å². The molecule has 0 unspecified atom stereocenters. The molecule has 9 heteroatoms. The molecule has 2 aliphatic heterocycles. The Morgan fingerprint density at radius 1 is 1.10 bits per heavy atom. The van der Waals surface area contributed by atoms with Crippen molar-refractivity contribution < 1.29 is 19.4 Å². The molecule has 1 N–H and O–H groups in total. The zero-order chi connectivity index (χ0) is 21.6. The second kappa shape index (κ2) is 10.0. The van der Waals surface area contributed by atoms with Crippen LogP contribution < -0.4 is 4.74 Å². The molecule has 0 aliphatic carbocycles. The second-order valence-corrected chi connectivity index (χ2v) is 8.14. The van der Waals surface area contributed by atoms with Crippen molar-refractivity contribution in [1.29, 1.82) is 0 Å². The molecule has 2 fully saturated rings. The number of rotatable bonds is 7. The average molecular weight is 428 g/mol. The molecule has 1 aromatic carbocycles. The number of carboxylic acid groups (broad SMARTS) is 1. The molecule has 0 spiro atoms. The van der Waals surface area contributed by atoms with Gasteiger partial charge in [-0.25, -0.2) is 14.8 Å². The molecular weight excluding hydrogens is 398 g/mol. The molecule has 0 bridgehead atoms. The maximum absolute atomic E-state index is 11.1. The molecular formula is C22H29N5O4. The third-order valence-corrected chi connectivity index (χ3v) is 6.26. The van der Waals surface area contributed by atoms with Gasteiger partial charge in [0.1, 0.15) is 25.0 Å². The van der Waals surface area contributed by atoms with Crippen LogP contribution in [0.5, 0.6) is 5.75 Å². The molecule has 0 radical (unpaired) electrons. The number of ether oxygens (including phenoxy) is 1. The van der Waals surface area contributed by atoms with Gasteiger partial charge in [0.2, 0.25) is 0 Å². The summed E-state index contributed by atoms with van der Waals surface area (Å²) in [6, 6.07) is 5.93. The summed E-state index contributed by atoms with van der Waals surface area (Å²) in [5.41, 5.74) is 1.85. The normalized spacial score (nSPS) is 18.9. The minimum Gasteiger partial charge on any atom is -0.492 e. The number of amides is 1. The van der Waals surface area contributed by atoms with Crippen LogP contribution >= 0.6 is 0 Å². The quantitative estimate of drug-likeness (QED) is 0.667. The van der Waals surface area contributed by atoms with Crippen molar-refractivity contribution in [3.63, 3.8) is 0 Å².